The molecule has 0 fully saturated rings. The highest BCUT2D eigenvalue weighted by molar-refractivity contribution is 6.06. The first kappa shape index (κ1) is 20.0. The van der Waals surface area contributed by atoms with Crippen molar-refractivity contribution in [1.29, 1.82) is 0 Å². The number of rotatable bonds is 5. The van der Waals surface area contributed by atoms with E-state index in [0.29, 0.717) is 39.4 Å². The van der Waals surface area contributed by atoms with Crippen molar-refractivity contribution in [3.63, 3.8) is 0 Å². The monoisotopic (exact) mass is 429 g/mol. The summed E-state index contributed by atoms with van der Waals surface area (Å²) in [4.78, 5) is 28.0. The van der Waals surface area contributed by atoms with Crippen LogP contribution in [0.5, 0.6) is 11.5 Å². The topological polar surface area (TPSA) is 84.1 Å². The van der Waals surface area contributed by atoms with Crippen molar-refractivity contribution in [3.8, 4) is 17.2 Å². The molecule has 0 bridgehead atoms. The maximum Gasteiger partial charge on any atom is 0.265 e. The van der Waals surface area contributed by atoms with Crippen molar-refractivity contribution in [3.05, 3.63) is 59.1 Å². The standard InChI is InChI=1S/C24H23N5O3/c1-5-14(2)28-13-25-22-20(24(28)30)21-23(27-17-9-7-6-8-16(17)26-21)29(22)18-12-15(31-3)10-11-19(18)32-4/h6-14H,5H2,1-4H3. The number of hydrogen-bond acceptors (Lipinski definition) is 6. The van der Waals surface area contributed by atoms with Crippen LogP contribution in [0.1, 0.15) is 26.3 Å². The minimum atomic E-state index is -0.139. The molecule has 0 aliphatic rings. The summed E-state index contributed by atoms with van der Waals surface area (Å²) in [5.74, 6) is 1.25. The van der Waals surface area contributed by atoms with Gasteiger partial charge < -0.3 is 9.47 Å². The van der Waals surface area contributed by atoms with E-state index in [4.69, 9.17) is 24.4 Å². The van der Waals surface area contributed by atoms with Crippen molar-refractivity contribution in [1.82, 2.24) is 24.1 Å². The molecule has 5 aromatic rings. The Balaban J connectivity index is 2.00. The van der Waals surface area contributed by atoms with Crippen LogP contribution in [0.15, 0.2) is 53.6 Å². The van der Waals surface area contributed by atoms with Gasteiger partial charge in [0.1, 0.15) is 28.7 Å². The molecule has 162 valence electrons. The summed E-state index contributed by atoms with van der Waals surface area (Å²) in [5, 5.41) is 0.436. The van der Waals surface area contributed by atoms with Gasteiger partial charge in [-0.05, 0) is 37.6 Å². The molecular formula is C24H23N5O3. The summed E-state index contributed by atoms with van der Waals surface area (Å²) >= 11 is 0. The zero-order valence-corrected chi connectivity index (χ0v) is 18.4. The number of nitrogens with zero attached hydrogens (tertiary/aromatic N) is 5. The van der Waals surface area contributed by atoms with Crippen LogP contribution in [-0.2, 0) is 0 Å². The number of para-hydroxylation sites is 2. The average Bonchev–Trinajstić information content (AvgIpc) is 3.15. The number of benzene rings is 2. The fourth-order valence-electron chi connectivity index (χ4n) is 3.96. The Morgan fingerprint density at radius 1 is 1.00 bits per heavy atom. The Kier molecular flexibility index (Phi) is 4.77. The first-order valence-corrected chi connectivity index (χ1v) is 10.5. The van der Waals surface area contributed by atoms with Crippen LogP contribution >= 0.6 is 0 Å². The second kappa shape index (κ2) is 7.64. The molecule has 0 radical (unpaired) electrons. The van der Waals surface area contributed by atoms with Crippen LogP contribution in [0.3, 0.4) is 0 Å². The lowest BCUT2D eigenvalue weighted by Crippen LogP contribution is -2.23. The van der Waals surface area contributed by atoms with Gasteiger partial charge >= 0.3 is 0 Å². The van der Waals surface area contributed by atoms with Crippen LogP contribution in [0, 0.1) is 0 Å². The van der Waals surface area contributed by atoms with E-state index < -0.39 is 0 Å². The van der Waals surface area contributed by atoms with Crippen molar-refractivity contribution in [2.24, 2.45) is 0 Å². The first-order valence-electron chi connectivity index (χ1n) is 10.5. The van der Waals surface area contributed by atoms with Crippen molar-refractivity contribution in [2.45, 2.75) is 26.3 Å². The van der Waals surface area contributed by atoms with Gasteiger partial charge in [0.2, 0.25) is 0 Å². The third-order valence-corrected chi connectivity index (χ3v) is 5.88. The molecule has 0 N–H and O–H groups in total. The van der Waals surface area contributed by atoms with Gasteiger partial charge in [0.25, 0.3) is 5.56 Å². The van der Waals surface area contributed by atoms with E-state index in [1.54, 1.807) is 25.1 Å². The van der Waals surface area contributed by atoms with Gasteiger partial charge in [-0.15, -0.1) is 0 Å². The molecule has 5 rings (SSSR count). The van der Waals surface area contributed by atoms with Gasteiger partial charge in [-0.25, -0.2) is 15.0 Å². The third-order valence-electron chi connectivity index (χ3n) is 5.88. The zero-order valence-electron chi connectivity index (χ0n) is 18.4. The Bertz CT molecular complexity index is 1540. The Labute approximate surface area is 184 Å². The van der Waals surface area contributed by atoms with Crippen LogP contribution in [-0.4, -0.2) is 38.3 Å². The van der Waals surface area contributed by atoms with E-state index in [-0.39, 0.29) is 11.6 Å². The molecule has 3 heterocycles. The lowest BCUT2D eigenvalue weighted by Gasteiger charge is -2.14. The van der Waals surface area contributed by atoms with E-state index in [1.165, 1.54) is 0 Å². The van der Waals surface area contributed by atoms with Crippen LogP contribution in [0.2, 0.25) is 0 Å². The molecule has 3 aromatic heterocycles. The van der Waals surface area contributed by atoms with E-state index in [2.05, 4.69) is 0 Å². The lowest BCUT2D eigenvalue weighted by molar-refractivity contribution is 0.402. The van der Waals surface area contributed by atoms with Crippen LogP contribution < -0.4 is 15.0 Å². The summed E-state index contributed by atoms with van der Waals surface area (Å²) in [7, 11) is 3.21. The fourth-order valence-corrected chi connectivity index (χ4v) is 3.96. The SMILES string of the molecule is CCC(C)n1cnc2c(c1=O)c1nc3ccccc3nc1n2-c1cc(OC)ccc1OC. The molecule has 0 aliphatic carbocycles. The highest BCUT2D eigenvalue weighted by atomic mass is 16.5. The van der Waals surface area contributed by atoms with Gasteiger partial charge in [-0.3, -0.25) is 13.9 Å². The van der Waals surface area contributed by atoms with Crippen molar-refractivity contribution in [2.75, 3.05) is 14.2 Å². The molecule has 8 heteroatoms. The normalized spacial score (nSPS) is 12.5. The molecule has 0 aliphatic heterocycles. The molecule has 32 heavy (non-hydrogen) atoms. The van der Waals surface area contributed by atoms with Crippen LogP contribution in [0.25, 0.3) is 38.9 Å². The minimum Gasteiger partial charge on any atom is -0.497 e. The highest BCUT2D eigenvalue weighted by Gasteiger charge is 2.23. The van der Waals surface area contributed by atoms with Gasteiger partial charge in [0.05, 0.1) is 30.9 Å². The predicted octanol–water partition coefficient (Wildman–Crippen LogP) is 4.27. The number of aromatic nitrogens is 5. The largest absolute Gasteiger partial charge is 0.497 e. The molecular weight excluding hydrogens is 406 g/mol. The van der Waals surface area contributed by atoms with Gasteiger partial charge in [0, 0.05) is 12.1 Å². The summed E-state index contributed by atoms with van der Waals surface area (Å²) in [6.45, 7) is 4.04. The number of hydrogen-bond donors (Lipinski definition) is 0. The minimum absolute atomic E-state index is 0.0116. The van der Waals surface area contributed by atoms with Gasteiger partial charge in [0.15, 0.2) is 11.3 Å². The zero-order chi connectivity index (χ0) is 22.4. The number of methoxy groups -OCH3 is 2. The molecule has 1 atom stereocenters. The van der Waals surface area contributed by atoms with E-state index in [0.717, 1.165) is 17.5 Å². The van der Waals surface area contributed by atoms with E-state index in [1.807, 2.05) is 60.9 Å². The van der Waals surface area contributed by atoms with Crippen LogP contribution in [0.4, 0.5) is 0 Å². The second-order valence-electron chi connectivity index (χ2n) is 7.67. The van der Waals surface area contributed by atoms with E-state index >= 15 is 0 Å². The summed E-state index contributed by atoms with van der Waals surface area (Å²) in [6, 6.07) is 13.1. The summed E-state index contributed by atoms with van der Waals surface area (Å²) in [5.41, 5.74) is 3.51. The second-order valence-corrected chi connectivity index (χ2v) is 7.67. The fraction of sp³-hybridized carbons (Fsp3) is 0.250. The van der Waals surface area contributed by atoms with Gasteiger partial charge in [-0.2, -0.15) is 0 Å². The quantitative estimate of drug-likeness (QED) is 0.415. The summed E-state index contributed by atoms with van der Waals surface area (Å²) < 4.78 is 14.6. The molecule has 8 nitrogen and oxygen atoms in total. The Hall–Kier alpha value is -3.94. The molecule has 0 amide bonds. The maximum atomic E-state index is 13.6. The third kappa shape index (κ3) is 2.90. The Morgan fingerprint density at radius 2 is 1.75 bits per heavy atom. The number of ether oxygens (including phenoxy) is 2. The lowest BCUT2D eigenvalue weighted by atomic mass is 10.2. The molecule has 1 unspecified atom stereocenters. The average molecular weight is 429 g/mol. The molecule has 0 spiro atoms. The van der Waals surface area contributed by atoms with Gasteiger partial charge in [-0.1, -0.05) is 19.1 Å². The molecule has 2 aromatic carbocycles. The maximum absolute atomic E-state index is 13.6. The first-order chi connectivity index (χ1) is 15.6. The summed E-state index contributed by atoms with van der Waals surface area (Å²) in [6.07, 6.45) is 2.41. The molecule has 0 saturated heterocycles. The van der Waals surface area contributed by atoms with Crippen molar-refractivity contribution < 1.29 is 9.47 Å². The highest BCUT2D eigenvalue weighted by Crippen LogP contribution is 2.34. The predicted molar refractivity (Wildman–Crippen MR) is 124 cm³/mol. The Morgan fingerprint density at radius 3 is 2.44 bits per heavy atom. The number of fused-ring (bicyclic) bond motifs is 4. The smallest absolute Gasteiger partial charge is 0.265 e. The van der Waals surface area contributed by atoms with Crippen molar-refractivity contribution >= 4 is 33.2 Å². The van der Waals surface area contributed by atoms with E-state index in [9.17, 15) is 4.79 Å². The molecule has 0 saturated carbocycles.